The molecular formula is C15H18N2O4. The van der Waals surface area contributed by atoms with Gasteiger partial charge in [-0.15, -0.1) is 0 Å². The number of carbonyl (C=O) groups excluding carboxylic acids is 1. The molecule has 0 spiro atoms. The number of carbonyl (C=O) groups is 2. The number of rotatable bonds is 3. The third-order valence-electron chi connectivity index (χ3n) is 4.63. The van der Waals surface area contributed by atoms with E-state index in [9.17, 15) is 9.59 Å². The minimum Gasteiger partial charge on any atom is -0.477 e. The molecule has 0 bridgehead atoms. The lowest BCUT2D eigenvalue weighted by Crippen LogP contribution is -2.66. The first-order valence-corrected chi connectivity index (χ1v) is 7.03. The van der Waals surface area contributed by atoms with Crippen molar-refractivity contribution >= 4 is 11.9 Å². The minimum atomic E-state index is -1.10. The summed E-state index contributed by atoms with van der Waals surface area (Å²) in [7, 11) is 0. The van der Waals surface area contributed by atoms with Gasteiger partial charge < -0.3 is 15.2 Å². The second-order valence-corrected chi connectivity index (χ2v) is 6.25. The van der Waals surface area contributed by atoms with E-state index in [0.717, 1.165) is 13.0 Å². The molecule has 1 saturated carbocycles. The van der Waals surface area contributed by atoms with Crippen molar-refractivity contribution in [2.24, 2.45) is 11.3 Å². The Morgan fingerprint density at radius 2 is 2.19 bits per heavy atom. The van der Waals surface area contributed by atoms with Crippen LogP contribution in [0.2, 0.25) is 0 Å². The summed E-state index contributed by atoms with van der Waals surface area (Å²) in [6.07, 6.45) is 2.48. The first-order chi connectivity index (χ1) is 9.91. The third kappa shape index (κ3) is 2.19. The average Bonchev–Trinajstić information content (AvgIpc) is 2.91. The van der Waals surface area contributed by atoms with Crippen LogP contribution in [0.15, 0.2) is 18.3 Å². The number of carboxylic acid groups (broad SMARTS) is 1. The van der Waals surface area contributed by atoms with Gasteiger partial charge in [-0.25, -0.2) is 9.78 Å². The molecule has 1 aliphatic carbocycles. The number of aromatic carboxylic acids is 1. The van der Waals surface area contributed by atoms with E-state index in [4.69, 9.17) is 9.84 Å². The zero-order valence-electron chi connectivity index (χ0n) is 12.0. The first-order valence-electron chi connectivity index (χ1n) is 7.03. The molecule has 2 N–H and O–H groups in total. The van der Waals surface area contributed by atoms with Gasteiger partial charge in [0.2, 0.25) is 0 Å². The third-order valence-corrected chi connectivity index (χ3v) is 4.63. The van der Waals surface area contributed by atoms with Crippen LogP contribution >= 0.6 is 0 Å². The minimum absolute atomic E-state index is 0.0696. The maximum Gasteiger partial charge on any atom is 0.354 e. The van der Waals surface area contributed by atoms with Crippen LogP contribution in [-0.4, -0.2) is 40.7 Å². The Kier molecular flexibility index (Phi) is 3.20. The molecule has 3 rings (SSSR count). The van der Waals surface area contributed by atoms with Crippen LogP contribution in [0.3, 0.4) is 0 Å². The number of aromatic nitrogens is 1. The summed E-state index contributed by atoms with van der Waals surface area (Å²) in [5.74, 6) is -0.953. The highest BCUT2D eigenvalue weighted by atomic mass is 16.5. The van der Waals surface area contributed by atoms with Crippen LogP contribution in [-0.2, 0) is 4.74 Å². The van der Waals surface area contributed by atoms with Crippen molar-refractivity contribution in [1.82, 2.24) is 10.3 Å². The van der Waals surface area contributed by atoms with E-state index in [0.29, 0.717) is 11.5 Å². The monoisotopic (exact) mass is 290 g/mol. The predicted octanol–water partition coefficient (Wildman–Crippen LogP) is 1.32. The zero-order valence-corrected chi connectivity index (χ0v) is 12.0. The number of fused-ring (bicyclic) bond motifs is 1. The Labute approximate surface area is 122 Å². The molecule has 3 atom stereocenters. The number of pyridine rings is 1. The van der Waals surface area contributed by atoms with Gasteiger partial charge in [0.25, 0.3) is 5.91 Å². The van der Waals surface area contributed by atoms with Gasteiger partial charge in [-0.2, -0.15) is 0 Å². The summed E-state index contributed by atoms with van der Waals surface area (Å²) in [5, 5.41) is 11.8. The molecule has 0 aromatic carbocycles. The molecule has 6 nitrogen and oxygen atoms in total. The topological polar surface area (TPSA) is 88.5 Å². The summed E-state index contributed by atoms with van der Waals surface area (Å²) in [6, 6.07) is 2.90. The van der Waals surface area contributed by atoms with E-state index in [1.807, 2.05) is 0 Å². The van der Waals surface area contributed by atoms with Gasteiger partial charge in [-0.1, -0.05) is 13.8 Å². The van der Waals surface area contributed by atoms with Gasteiger partial charge in [0.1, 0.15) is 5.69 Å². The maximum atomic E-state index is 12.3. The number of carboxylic acids is 1. The molecule has 2 aliphatic rings. The van der Waals surface area contributed by atoms with Crippen molar-refractivity contribution in [2.75, 3.05) is 6.61 Å². The number of nitrogens with one attached hydrogen (secondary N) is 1. The Bertz CT molecular complexity index is 582. The summed E-state index contributed by atoms with van der Waals surface area (Å²) < 4.78 is 5.70. The summed E-state index contributed by atoms with van der Waals surface area (Å²) in [4.78, 5) is 26.8. The molecule has 1 aromatic rings. The van der Waals surface area contributed by atoms with Crippen LogP contribution in [0.4, 0.5) is 0 Å². The molecule has 21 heavy (non-hydrogen) atoms. The summed E-state index contributed by atoms with van der Waals surface area (Å²) in [5.41, 5.74) is 0.226. The Balaban J connectivity index is 1.70. The molecule has 2 fully saturated rings. The quantitative estimate of drug-likeness (QED) is 0.876. The Hall–Kier alpha value is -1.95. The molecular weight excluding hydrogens is 272 g/mol. The van der Waals surface area contributed by atoms with Crippen LogP contribution in [0, 0.1) is 11.3 Å². The summed E-state index contributed by atoms with van der Waals surface area (Å²) >= 11 is 0. The predicted molar refractivity (Wildman–Crippen MR) is 74.1 cm³/mol. The molecule has 6 heteroatoms. The fourth-order valence-electron chi connectivity index (χ4n) is 3.50. The maximum absolute atomic E-state index is 12.3. The second-order valence-electron chi connectivity index (χ2n) is 6.25. The number of ether oxygens (including phenoxy) is 1. The standard InChI is InChI=1S/C15H18N2O4/c1-15(2)11(9-5-6-21-12(9)15)17-13(18)8-3-4-10(14(19)20)16-7-8/h3-4,7,9,11-12H,5-6H2,1-2H3,(H,17,18)(H,19,20)/t9-,11-,12+/m1/s1. The normalized spacial score (nSPS) is 29.3. The van der Waals surface area contributed by atoms with Crippen molar-refractivity contribution in [3.05, 3.63) is 29.6 Å². The van der Waals surface area contributed by atoms with Crippen molar-refractivity contribution in [3.63, 3.8) is 0 Å². The van der Waals surface area contributed by atoms with Gasteiger partial charge >= 0.3 is 5.97 Å². The highest BCUT2D eigenvalue weighted by Gasteiger charge is 2.59. The van der Waals surface area contributed by atoms with E-state index >= 15 is 0 Å². The number of hydrogen-bond acceptors (Lipinski definition) is 4. The van der Waals surface area contributed by atoms with Crippen molar-refractivity contribution < 1.29 is 19.4 Å². The molecule has 1 aromatic heterocycles. The Morgan fingerprint density at radius 3 is 2.81 bits per heavy atom. The van der Waals surface area contributed by atoms with Crippen molar-refractivity contribution in [1.29, 1.82) is 0 Å². The molecule has 0 unspecified atom stereocenters. The van der Waals surface area contributed by atoms with Gasteiger partial charge in [-0.3, -0.25) is 4.79 Å². The lowest BCUT2D eigenvalue weighted by molar-refractivity contribution is -0.108. The fraction of sp³-hybridized carbons (Fsp3) is 0.533. The lowest BCUT2D eigenvalue weighted by Gasteiger charge is -2.54. The number of hydrogen-bond donors (Lipinski definition) is 2. The van der Waals surface area contributed by atoms with E-state index in [1.54, 1.807) is 0 Å². The van der Waals surface area contributed by atoms with E-state index in [2.05, 4.69) is 24.1 Å². The van der Waals surface area contributed by atoms with E-state index in [1.165, 1.54) is 18.3 Å². The summed E-state index contributed by atoms with van der Waals surface area (Å²) in [6.45, 7) is 4.94. The van der Waals surface area contributed by atoms with Crippen LogP contribution < -0.4 is 5.32 Å². The molecule has 1 saturated heterocycles. The van der Waals surface area contributed by atoms with Gasteiger partial charge in [-0.05, 0) is 18.6 Å². The zero-order chi connectivity index (χ0) is 15.2. The van der Waals surface area contributed by atoms with Crippen LogP contribution in [0.5, 0.6) is 0 Å². The number of amides is 1. The lowest BCUT2D eigenvalue weighted by atomic mass is 9.57. The van der Waals surface area contributed by atoms with Crippen LogP contribution in [0.1, 0.15) is 41.1 Å². The molecule has 0 radical (unpaired) electrons. The van der Waals surface area contributed by atoms with E-state index in [-0.39, 0.29) is 29.2 Å². The first kappa shape index (κ1) is 14.0. The molecule has 1 amide bonds. The van der Waals surface area contributed by atoms with Gasteiger partial charge in [0, 0.05) is 30.2 Å². The molecule has 112 valence electrons. The molecule has 2 heterocycles. The van der Waals surface area contributed by atoms with Gasteiger partial charge in [0.15, 0.2) is 0 Å². The van der Waals surface area contributed by atoms with Crippen molar-refractivity contribution in [3.8, 4) is 0 Å². The second kappa shape index (κ2) is 4.80. The SMILES string of the molecule is CC1(C)[C@H](NC(=O)c2ccc(C(=O)O)nc2)[C@H]2CCO[C@@H]21. The highest BCUT2D eigenvalue weighted by molar-refractivity contribution is 5.95. The van der Waals surface area contributed by atoms with E-state index < -0.39 is 5.97 Å². The average molecular weight is 290 g/mol. The van der Waals surface area contributed by atoms with Crippen molar-refractivity contribution in [2.45, 2.75) is 32.4 Å². The fourth-order valence-corrected chi connectivity index (χ4v) is 3.50. The Morgan fingerprint density at radius 1 is 1.43 bits per heavy atom. The largest absolute Gasteiger partial charge is 0.477 e. The molecule has 1 aliphatic heterocycles. The smallest absolute Gasteiger partial charge is 0.354 e. The number of nitrogens with zero attached hydrogens (tertiary/aromatic N) is 1. The van der Waals surface area contributed by atoms with Gasteiger partial charge in [0.05, 0.1) is 11.7 Å². The highest BCUT2D eigenvalue weighted by Crippen LogP contribution is 2.52. The van der Waals surface area contributed by atoms with Crippen LogP contribution in [0.25, 0.3) is 0 Å².